The summed E-state index contributed by atoms with van der Waals surface area (Å²) in [6.07, 6.45) is 0.181. The highest BCUT2D eigenvalue weighted by atomic mass is 16.5. The second-order valence-corrected chi connectivity index (χ2v) is 6.35. The van der Waals surface area contributed by atoms with E-state index < -0.39 is 17.9 Å². The summed E-state index contributed by atoms with van der Waals surface area (Å²) in [5.74, 6) is -0.698. The molecule has 158 valence electrons. The molecular weight excluding hydrogens is 386 g/mol. The van der Waals surface area contributed by atoms with Crippen LogP contribution in [0, 0.1) is 10.8 Å². The molecule has 2 aromatic rings. The Kier molecular flexibility index (Phi) is 7.92. The molecule has 0 fully saturated rings. The van der Waals surface area contributed by atoms with Crippen LogP contribution in [0.5, 0.6) is 5.75 Å². The molecule has 0 saturated carbocycles. The van der Waals surface area contributed by atoms with E-state index in [1.165, 1.54) is 12.1 Å². The largest absolute Gasteiger partial charge is 0.493 e. The number of amidine groups is 2. The molecule has 30 heavy (non-hydrogen) atoms. The lowest BCUT2D eigenvalue weighted by Crippen LogP contribution is -2.42. The Morgan fingerprint density at radius 2 is 1.63 bits per heavy atom. The van der Waals surface area contributed by atoms with E-state index in [-0.39, 0.29) is 31.3 Å². The number of nitrogens with one attached hydrogen (secondary N) is 3. The summed E-state index contributed by atoms with van der Waals surface area (Å²) < 4.78 is 10.7. The number of ether oxygens (including phenoxy) is 2. The zero-order valence-electron chi connectivity index (χ0n) is 16.6. The number of nitrogens with two attached hydrogens (primary N) is 2. The molecule has 0 aliphatic rings. The van der Waals surface area contributed by atoms with Gasteiger partial charge in [-0.15, -0.1) is 0 Å². The van der Waals surface area contributed by atoms with E-state index in [0.717, 1.165) is 0 Å². The SMILES string of the molecule is CCOC(=O)[C@@H](CCOc1cccc(C(=N)N)c1)NC(=O)c1ccc(C(=N)N)cc1. The van der Waals surface area contributed by atoms with Gasteiger partial charge in [0.25, 0.3) is 5.91 Å². The van der Waals surface area contributed by atoms with Gasteiger partial charge in [0.15, 0.2) is 0 Å². The van der Waals surface area contributed by atoms with Crippen molar-refractivity contribution in [2.24, 2.45) is 11.5 Å². The third kappa shape index (κ3) is 6.33. The maximum absolute atomic E-state index is 12.5. The summed E-state index contributed by atoms with van der Waals surface area (Å²) in [6, 6.07) is 12.0. The highest BCUT2D eigenvalue weighted by Gasteiger charge is 2.23. The monoisotopic (exact) mass is 411 g/mol. The van der Waals surface area contributed by atoms with Crippen LogP contribution in [-0.4, -0.2) is 42.8 Å². The number of esters is 1. The molecule has 1 atom stereocenters. The maximum atomic E-state index is 12.5. The first kappa shape index (κ1) is 22.4. The van der Waals surface area contributed by atoms with Crippen molar-refractivity contribution in [3.8, 4) is 5.75 Å². The van der Waals surface area contributed by atoms with Gasteiger partial charge in [-0.25, -0.2) is 4.79 Å². The summed E-state index contributed by atoms with van der Waals surface area (Å²) in [4.78, 5) is 24.8. The van der Waals surface area contributed by atoms with E-state index in [9.17, 15) is 9.59 Å². The van der Waals surface area contributed by atoms with Gasteiger partial charge >= 0.3 is 5.97 Å². The predicted octanol–water partition coefficient (Wildman–Crippen LogP) is 1.39. The summed E-state index contributed by atoms with van der Waals surface area (Å²) in [7, 11) is 0. The molecule has 0 unspecified atom stereocenters. The predicted molar refractivity (Wildman–Crippen MR) is 113 cm³/mol. The lowest BCUT2D eigenvalue weighted by Gasteiger charge is -2.18. The minimum absolute atomic E-state index is 0.0760. The quantitative estimate of drug-likeness (QED) is 0.225. The van der Waals surface area contributed by atoms with Crippen LogP contribution in [-0.2, 0) is 9.53 Å². The van der Waals surface area contributed by atoms with Crippen molar-refractivity contribution in [1.29, 1.82) is 10.8 Å². The van der Waals surface area contributed by atoms with Crippen LogP contribution >= 0.6 is 0 Å². The Hall–Kier alpha value is -3.88. The molecule has 0 aromatic heterocycles. The highest BCUT2D eigenvalue weighted by molar-refractivity contribution is 5.99. The fourth-order valence-corrected chi connectivity index (χ4v) is 2.58. The summed E-state index contributed by atoms with van der Waals surface area (Å²) >= 11 is 0. The molecule has 2 rings (SSSR count). The van der Waals surface area contributed by atoms with Gasteiger partial charge in [-0.2, -0.15) is 0 Å². The Balaban J connectivity index is 2.02. The molecule has 0 aliphatic heterocycles. The van der Waals surface area contributed by atoms with Gasteiger partial charge in [0.2, 0.25) is 0 Å². The third-order valence-corrected chi connectivity index (χ3v) is 4.15. The summed E-state index contributed by atoms with van der Waals surface area (Å²) in [5.41, 5.74) is 12.2. The molecule has 0 saturated heterocycles. The molecule has 7 N–H and O–H groups in total. The second kappa shape index (κ2) is 10.6. The molecule has 0 heterocycles. The molecule has 0 radical (unpaired) electrons. The Morgan fingerprint density at radius 1 is 1.00 bits per heavy atom. The van der Waals surface area contributed by atoms with Crippen molar-refractivity contribution in [2.75, 3.05) is 13.2 Å². The van der Waals surface area contributed by atoms with E-state index in [1.807, 2.05) is 0 Å². The number of nitrogen functional groups attached to an aromatic ring is 2. The highest BCUT2D eigenvalue weighted by Crippen LogP contribution is 2.14. The summed E-state index contributed by atoms with van der Waals surface area (Å²) in [5, 5.41) is 17.5. The van der Waals surface area contributed by atoms with Gasteiger partial charge < -0.3 is 26.3 Å². The van der Waals surface area contributed by atoms with Crippen LogP contribution < -0.4 is 21.5 Å². The van der Waals surface area contributed by atoms with Crippen molar-refractivity contribution in [1.82, 2.24) is 5.32 Å². The molecule has 0 bridgehead atoms. The zero-order chi connectivity index (χ0) is 22.1. The van der Waals surface area contributed by atoms with E-state index in [0.29, 0.717) is 22.4 Å². The first-order valence-electron chi connectivity index (χ1n) is 9.31. The number of hydrogen-bond acceptors (Lipinski definition) is 6. The first-order valence-corrected chi connectivity index (χ1v) is 9.31. The van der Waals surface area contributed by atoms with Crippen LogP contribution in [0.2, 0.25) is 0 Å². The first-order chi connectivity index (χ1) is 14.3. The molecule has 1 amide bonds. The average Bonchev–Trinajstić information content (AvgIpc) is 2.73. The number of benzene rings is 2. The Morgan fingerprint density at radius 3 is 2.23 bits per heavy atom. The number of carbonyl (C=O) groups excluding carboxylic acids is 2. The van der Waals surface area contributed by atoms with Crippen LogP contribution in [0.25, 0.3) is 0 Å². The molecule has 2 aromatic carbocycles. The number of hydrogen-bond donors (Lipinski definition) is 5. The van der Waals surface area contributed by atoms with E-state index in [1.54, 1.807) is 43.3 Å². The van der Waals surface area contributed by atoms with Crippen LogP contribution in [0.3, 0.4) is 0 Å². The number of rotatable bonds is 10. The van der Waals surface area contributed by atoms with Gasteiger partial charge in [0.1, 0.15) is 23.5 Å². The smallest absolute Gasteiger partial charge is 0.328 e. The van der Waals surface area contributed by atoms with Gasteiger partial charge in [-0.05, 0) is 31.2 Å². The molecule has 0 aliphatic carbocycles. The van der Waals surface area contributed by atoms with Gasteiger partial charge in [-0.3, -0.25) is 15.6 Å². The lowest BCUT2D eigenvalue weighted by molar-refractivity contribution is -0.145. The van der Waals surface area contributed by atoms with Crippen LogP contribution in [0.1, 0.15) is 34.8 Å². The van der Waals surface area contributed by atoms with Crippen molar-refractivity contribution in [2.45, 2.75) is 19.4 Å². The third-order valence-electron chi connectivity index (χ3n) is 4.15. The number of amides is 1. The van der Waals surface area contributed by atoms with Crippen molar-refractivity contribution >= 4 is 23.5 Å². The normalized spacial score (nSPS) is 11.2. The number of carbonyl (C=O) groups is 2. The molecule has 9 nitrogen and oxygen atoms in total. The van der Waals surface area contributed by atoms with Gasteiger partial charge in [0, 0.05) is 23.1 Å². The van der Waals surface area contributed by atoms with Gasteiger partial charge in [0.05, 0.1) is 13.2 Å². The van der Waals surface area contributed by atoms with E-state index in [4.69, 9.17) is 31.8 Å². The van der Waals surface area contributed by atoms with Crippen LogP contribution in [0.15, 0.2) is 48.5 Å². The molecule has 0 spiro atoms. The minimum atomic E-state index is -0.902. The maximum Gasteiger partial charge on any atom is 0.328 e. The Labute approximate surface area is 174 Å². The van der Waals surface area contributed by atoms with Crippen molar-refractivity contribution in [3.63, 3.8) is 0 Å². The fraction of sp³-hybridized carbons (Fsp3) is 0.238. The van der Waals surface area contributed by atoms with Gasteiger partial charge in [-0.1, -0.05) is 24.3 Å². The zero-order valence-corrected chi connectivity index (χ0v) is 16.6. The Bertz CT molecular complexity index is 927. The fourth-order valence-electron chi connectivity index (χ4n) is 2.58. The second-order valence-electron chi connectivity index (χ2n) is 6.35. The van der Waals surface area contributed by atoms with E-state index in [2.05, 4.69) is 5.32 Å². The van der Waals surface area contributed by atoms with Crippen LogP contribution in [0.4, 0.5) is 0 Å². The lowest BCUT2D eigenvalue weighted by atomic mass is 10.1. The molecule has 9 heteroatoms. The van der Waals surface area contributed by atoms with E-state index >= 15 is 0 Å². The van der Waals surface area contributed by atoms with Crippen molar-refractivity contribution < 1.29 is 19.1 Å². The summed E-state index contributed by atoms with van der Waals surface area (Å²) in [6.45, 7) is 2.00. The topological polar surface area (TPSA) is 164 Å². The minimum Gasteiger partial charge on any atom is -0.493 e. The average molecular weight is 411 g/mol. The molecular formula is C21H25N5O4. The van der Waals surface area contributed by atoms with Crippen molar-refractivity contribution in [3.05, 3.63) is 65.2 Å². The standard InChI is InChI=1S/C21H25N5O4/c1-2-29-21(28)17(10-11-30-16-5-3-4-15(12-16)19(24)25)26-20(27)14-8-6-13(7-9-14)18(22)23/h3-9,12,17H,2,10-11H2,1H3,(H3,22,23)(H3,24,25)(H,26,27)/t17-/m1/s1.